The lowest BCUT2D eigenvalue weighted by Crippen LogP contribution is -2.49. The van der Waals surface area contributed by atoms with Crippen molar-refractivity contribution in [2.45, 2.75) is 64.2 Å². The Kier molecular flexibility index (Phi) is 7.82. The fourth-order valence-corrected chi connectivity index (χ4v) is 4.61. The molecule has 1 aliphatic heterocycles. The predicted octanol–water partition coefficient (Wildman–Crippen LogP) is 4.69. The quantitative estimate of drug-likeness (QED) is 0.656. The number of nitrogens with zero attached hydrogens (tertiary/aromatic N) is 1. The van der Waals surface area contributed by atoms with Crippen LogP contribution in [0.1, 0.15) is 56.3 Å². The maximum absolute atomic E-state index is 12.7. The molecule has 4 rings (SSSR count). The molecule has 7 nitrogen and oxygen atoms in total. The minimum atomic E-state index is -0.212. The lowest BCUT2D eigenvalue weighted by Gasteiger charge is -2.35. The zero-order valence-electron chi connectivity index (χ0n) is 18.6. The predicted molar refractivity (Wildman–Crippen MR) is 122 cm³/mol. The summed E-state index contributed by atoms with van der Waals surface area (Å²) >= 11 is 0. The van der Waals surface area contributed by atoms with Gasteiger partial charge in [0, 0.05) is 30.7 Å². The molecular weight excluding hydrogens is 406 g/mol. The van der Waals surface area contributed by atoms with Crippen LogP contribution in [0, 0.1) is 5.92 Å². The van der Waals surface area contributed by atoms with E-state index in [0.717, 1.165) is 55.8 Å². The zero-order valence-corrected chi connectivity index (χ0v) is 18.6. The Morgan fingerprint density at radius 1 is 1.00 bits per heavy atom. The van der Waals surface area contributed by atoms with Gasteiger partial charge < -0.3 is 24.7 Å². The van der Waals surface area contributed by atoms with Crippen molar-refractivity contribution in [1.82, 2.24) is 10.2 Å². The number of amides is 3. The third-order valence-corrected chi connectivity index (χ3v) is 6.37. The molecule has 0 radical (unpaired) electrons. The number of ether oxygens (including phenoxy) is 1. The van der Waals surface area contributed by atoms with Crippen LogP contribution in [0.2, 0.25) is 0 Å². The van der Waals surface area contributed by atoms with E-state index >= 15 is 0 Å². The maximum atomic E-state index is 12.7. The molecule has 172 valence electrons. The number of hydrogen-bond donors (Lipinski definition) is 2. The van der Waals surface area contributed by atoms with Gasteiger partial charge in [0.1, 0.15) is 12.4 Å². The first-order valence-corrected chi connectivity index (χ1v) is 11.7. The monoisotopic (exact) mass is 439 g/mol. The Morgan fingerprint density at radius 3 is 2.56 bits per heavy atom. The number of likely N-dealkylation sites (tertiary alicyclic amines) is 1. The number of hydrogen-bond acceptors (Lipinski definition) is 4. The molecule has 1 saturated carbocycles. The molecule has 2 N–H and O–H groups in total. The van der Waals surface area contributed by atoms with Crippen LogP contribution in [-0.2, 0) is 22.7 Å². The van der Waals surface area contributed by atoms with Crippen molar-refractivity contribution in [1.29, 1.82) is 0 Å². The number of rotatable bonds is 7. The highest BCUT2D eigenvalue weighted by molar-refractivity contribution is 5.89. The van der Waals surface area contributed by atoms with Crippen LogP contribution in [-0.4, -0.2) is 36.0 Å². The van der Waals surface area contributed by atoms with Crippen LogP contribution in [0.3, 0.4) is 0 Å². The van der Waals surface area contributed by atoms with Crippen LogP contribution in [0.15, 0.2) is 47.1 Å². The molecule has 0 bridgehead atoms. The third-order valence-electron chi connectivity index (χ3n) is 6.37. The molecule has 2 fully saturated rings. The van der Waals surface area contributed by atoms with Crippen molar-refractivity contribution in [3.05, 3.63) is 54.0 Å². The summed E-state index contributed by atoms with van der Waals surface area (Å²) in [6.07, 6.45) is 8.89. The van der Waals surface area contributed by atoms with Gasteiger partial charge in [-0.05, 0) is 55.5 Å². The molecule has 1 aliphatic carbocycles. The topological polar surface area (TPSA) is 83.8 Å². The van der Waals surface area contributed by atoms with Crippen LogP contribution in [0.25, 0.3) is 0 Å². The average Bonchev–Trinajstić information content (AvgIpc) is 3.33. The second-order valence-electron chi connectivity index (χ2n) is 8.81. The summed E-state index contributed by atoms with van der Waals surface area (Å²) in [5, 5.41) is 5.97. The van der Waals surface area contributed by atoms with Gasteiger partial charge >= 0.3 is 6.03 Å². The fraction of sp³-hybridized carbons (Fsp3) is 0.520. The maximum Gasteiger partial charge on any atom is 0.319 e. The van der Waals surface area contributed by atoms with E-state index in [0.29, 0.717) is 19.1 Å². The molecule has 0 unspecified atom stereocenters. The van der Waals surface area contributed by atoms with Gasteiger partial charge in [0.15, 0.2) is 0 Å². The van der Waals surface area contributed by atoms with Gasteiger partial charge in [-0.3, -0.25) is 4.79 Å². The van der Waals surface area contributed by atoms with Gasteiger partial charge in [-0.1, -0.05) is 31.4 Å². The normalized spacial score (nSPS) is 17.8. The highest BCUT2D eigenvalue weighted by atomic mass is 16.5. The number of nitrogens with one attached hydrogen (secondary N) is 2. The van der Waals surface area contributed by atoms with Gasteiger partial charge in [0.25, 0.3) is 0 Å². The molecular formula is C25H33N3O4. The van der Waals surface area contributed by atoms with Crippen molar-refractivity contribution in [2.75, 3.05) is 18.4 Å². The van der Waals surface area contributed by atoms with Gasteiger partial charge in [0.05, 0.1) is 12.9 Å². The van der Waals surface area contributed by atoms with Crippen molar-refractivity contribution >= 4 is 17.6 Å². The Bertz CT molecular complexity index is 869. The van der Waals surface area contributed by atoms with Crippen LogP contribution >= 0.6 is 0 Å². The SMILES string of the molecule is O=C(Nc1cccc(COCc2ccco2)c1)NC1CCN(C(=O)C2CCCCC2)CC1. The number of urea groups is 1. The van der Waals surface area contributed by atoms with E-state index in [4.69, 9.17) is 9.15 Å². The molecule has 1 aromatic heterocycles. The lowest BCUT2D eigenvalue weighted by molar-refractivity contribution is -0.137. The minimum Gasteiger partial charge on any atom is -0.467 e. The molecule has 32 heavy (non-hydrogen) atoms. The van der Waals surface area contributed by atoms with Crippen molar-refractivity contribution in [2.24, 2.45) is 5.92 Å². The highest BCUT2D eigenvalue weighted by Gasteiger charge is 2.29. The second-order valence-corrected chi connectivity index (χ2v) is 8.81. The summed E-state index contributed by atoms with van der Waals surface area (Å²) < 4.78 is 10.9. The Hall–Kier alpha value is -2.80. The molecule has 0 atom stereocenters. The van der Waals surface area contributed by atoms with Crippen LogP contribution in [0.4, 0.5) is 10.5 Å². The van der Waals surface area contributed by atoms with E-state index in [2.05, 4.69) is 10.6 Å². The zero-order chi connectivity index (χ0) is 22.2. The first kappa shape index (κ1) is 22.4. The van der Waals surface area contributed by atoms with Crippen molar-refractivity contribution < 1.29 is 18.7 Å². The van der Waals surface area contributed by atoms with Crippen LogP contribution < -0.4 is 10.6 Å². The Morgan fingerprint density at radius 2 is 1.81 bits per heavy atom. The van der Waals surface area contributed by atoms with Crippen molar-refractivity contribution in [3.63, 3.8) is 0 Å². The van der Waals surface area contributed by atoms with E-state index < -0.39 is 0 Å². The van der Waals surface area contributed by atoms with E-state index in [9.17, 15) is 9.59 Å². The summed E-state index contributed by atoms with van der Waals surface area (Å²) in [6.45, 7) is 2.30. The first-order chi connectivity index (χ1) is 15.7. The minimum absolute atomic E-state index is 0.0882. The number of benzene rings is 1. The largest absolute Gasteiger partial charge is 0.467 e. The summed E-state index contributed by atoms with van der Waals surface area (Å²) in [5.41, 5.74) is 1.70. The van der Waals surface area contributed by atoms with Gasteiger partial charge in [-0.15, -0.1) is 0 Å². The molecule has 3 amide bonds. The fourth-order valence-electron chi connectivity index (χ4n) is 4.61. The van der Waals surface area contributed by atoms with Gasteiger partial charge in [0.2, 0.25) is 5.91 Å². The molecule has 2 aliphatic rings. The number of piperidine rings is 1. The molecule has 2 heterocycles. The van der Waals surface area contributed by atoms with E-state index in [1.165, 1.54) is 19.3 Å². The molecule has 1 saturated heterocycles. The molecule has 2 aromatic rings. The second kappa shape index (κ2) is 11.2. The number of furan rings is 1. The molecule has 0 spiro atoms. The molecule has 7 heteroatoms. The third kappa shape index (κ3) is 6.36. The van der Waals surface area contributed by atoms with E-state index in [1.807, 2.05) is 41.3 Å². The van der Waals surface area contributed by atoms with E-state index in [-0.39, 0.29) is 18.0 Å². The Labute approximate surface area is 189 Å². The smallest absolute Gasteiger partial charge is 0.319 e. The molecule has 1 aromatic carbocycles. The first-order valence-electron chi connectivity index (χ1n) is 11.7. The van der Waals surface area contributed by atoms with Crippen LogP contribution in [0.5, 0.6) is 0 Å². The highest BCUT2D eigenvalue weighted by Crippen LogP contribution is 2.26. The van der Waals surface area contributed by atoms with E-state index in [1.54, 1.807) is 6.26 Å². The summed E-state index contributed by atoms with van der Waals surface area (Å²) in [7, 11) is 0. The van der Waals surface area contributed by atoms with Crippen molar-refractivity contribution in [3.8, 4) is 0 Å². The average molecular weight is 440 g/mol. The lowest BCUT2D eigenvalue weighted by atomic mass is 9.87. The summed E-state index contributed by atoms with van der Waals surface area (Å²) in [5.74, 6) is 1.32. The van der Waals surface area contributed by atoms with Gasteiger partial charge in [-0.25, -0.2) is 4.79 Å². The van der Waals surface area contributed by atoms with Gasteiger partial charge in [-0.2, -0.15) is 0 Å². The standard InChI is InChI=1S/C25H33N3O4/c29-24(20-7-2-1-3-8-20)28-13-11-21(12-14-28)26-25(30)27-22-9-4-6-19(16-22)17-31-18-23-10-5-15-32-23/h4-6,9-10,15-16,20-21H,1-3,7-8,11-14,17-18H2,(H2,26,27,30). The summed E-state index contributed by atoms with van der Waals surface area (Å²) in [6, 6.07) is 11.2. The number of carbonyl (C=O) groups is 2. The number of anilines is 1. The number of carbonyl (C=O) groups excluding carboxylic acids is 2. The Balaban J connectivity index is 1.18. The summed E-state index contributed by atoms with van der Waals surface area (Å²) in [4.78, 5) is 27.2.